The summed E-state index contributed by atoms with van der Waals surface area (Å²) >= 11 is 0. The molecule has 0 aromatic carbocycles. The molecule has 1 aromatic rings. The standard InChI is InChI=1S/C12H18N2/c1-9-11(2-3-12(9)13)8-10-4-6-14-7-5-10/h4-7,9,11-12H,2-3,8,13H2,1H3. The summed E-state index contributed by atoms with van der Waals surface area (Å²) in [6.07, 6.45) is 7.38. The lowest BCUT2D eigenvalue weighted by Crippen LogP contribution is -2.25. The van der Waals surface area contributed by atoms with Gasteiger partial charge in [0.05, 0.1) is 0 Å². The van der Waals surface area contributed by atoms with E-state index < -0.39 is 0 Å². The Morgan fingerprint density at radius 3 is 2.64 bits per heavy atom. The molecule has 0 amide bonds. The van der Waals surface area contributed by atoms with Crippen LogP contribution in [0.4, 0.5) is 0 Å². The van der Waals surface area contributed by atoms with Gasteiger partial charge in [0, 0.05) is 18.4 Å². The summed E-state index contributed by atoms with van der Waals surface area (Å²) in [6, 6.07) is 4.63. The summed E-state index contributed by atoms with van der Waals surface area (Å²) in [5.41, 5.74) is 7.40. The summed E-state index contributed by atoms with van der Waals surface area (Å²) < 4.78 is 0. The van der Waals surface area contributed by atoms with Crippen molar-refractivity contribution in [2.75, 3.05) is 0 Å². The number of pyridine rings is 1. The molecule has 1 saturated carbocycles. The molecule has 1 heterocycles. The lowest BCUT2D eigenvalue weighted by atomic mass is 9.90. The molecule has 0 spiro atoms. The zero-order chi connectivity index (χ0) is 9.97. The molecule has 0 aliphatic heterocycles. The zero-order valence-electron chi connectivity index (χ0n) is 8.69. The van der Waals surface area contributed by atoms with Gasteiger partial charge in [0.15, 0.2) is 0 Å². The SMILES string of the molecule is CC1C(N)CCC1Cc1ccncc1. The molecule has 1 aliphatic carbocycles. The minimum absolute atomic E-state index is 0.418. The van der Waals surface area contributed by atoms with Gasteiger partial charge in [0.1, 0.15) is 0 Å². The summed E-state index contributed by atoms with van der Waals surface area (Å²) in [4.78, 5) is 4.03. The molecule has 3 unspecified atom stereocenters. The molecule has 76 valence electrons. The Balaban J connectivity index is 1.99. The van der Waals surface area contributed by atoms with Crippen molar-refractivity contribution in [2.24, 2.45) is 17.6 Å². The number of rotatable bonds is 2. The summed E-state index contributed by atoms with van der Waals surface area (Å²) in [5.74, 6) is 1.44. The first kappa shape index (κ1) is 9.66. The van der Waals surface area contributed by atoms with Crippen LogP contribution in [-0.2, 0) is 6.42 Å². The van der Waals surface area contributed by atoms with Crippen molar-refractivity contribution in [3.63, 3.8) is 0 Å². The second-order valence-corrected chi connectivity index (χ2v) is 4.42. The Labute approximate surface area is 85.5 Å². The van der Waals surface area contributed by atoms with Gasteiger partial charge in [-0.05, 0) is 48.8 Å². The first-order valence-electron chi connectivity index (χ1n) is 5.42. The highest BCUT2D eigenvalue weighted by Gasteiger charge is 2.29. The fraction of sp³-hybridized carbons (Fsp3) is 0.583. The van der Waals surface area contributed by atoms with Crippen LogP contribution in [0.15, 0.2) is 24.5 Å². The second-order valence-electron chi connectivity index (χ2n) is 4.42. The average Bonchev–Trinajstić information content (AvgIpc) is 2.52. The third-order valence-corrected chi connectivity index (χ3v) is 3.54. The largest absolute Gasteiger partial charge is 0.327 e. The van der Waals surface area contributed by atoms with E-state index in [0.29, 0.717) is 12.0 Å². The molecule has 2 heteroatoms. The fourth-order valence-corrected chi connectivity index (χ4v) is 2.39. The number of aromatic nitrogens is 1. The van der Waals surface area contributed by atoms with E-state index in [0.717, 1.165) is 12.3 Å². The van der Waals surface area contributed by atoms with Gasteiger partial charge < -0.3 is 5.73 Å². The normalized spacial score (nSPS) is 32.0. The van der Waals surface area contributed by atoms with Gasteiger partial charge in [-0.25, -0.2) is 0 Å². The van der Waals surface area contributed by atoms with Crippen LogP contribution in [0.2, 0.25) is 0 Å². The molecule has 14 heavy (non-hydrogen) atoms. The van der Waals surface area contributed by atoms with Gasteiger partial charge in [-0.1, -0.05) is 6.92 Å². The van der Waals surface area contributed by atoms with Crippen molar-refractivity contribution < 1.29 is 0 Å². The lowest BCUT2D eigenvalue weighted by Gasteiger charge is -2.17. The van der Waals surface area contributed by atoms with E-state index in [4.69, 9.17) is 5.73 Å². The molecule has 2 nitrogen and oxygen atoms in total. The summed E-state index contributed by atoms with van der Waals surface area (Å²) in [6.45, 7) is 2.28. The lowest BCUT2D eigenvalue weighted by molar-refractivity contribution is 0.390. The van der Waals surface area contributed by atoms with Crippen molar-refractivity contribution in [3.05, 3.63) is 30.1 Å². The molecule has 0 bridgehead atoms. The van der Waals surface area contributed by atoms with Gasteiger partial charge >= 0.3 is 0 Å². The maximum atomic E-state index is 6.01. The van der Waals surface area contributed by atoms with Crippen LogP contribution in [0, 0.1) is 11.8 Å². The molecule has 1 aliphatic rings. The fourth-order valence-electron chi connectivity index (χ4n) is 2.39. The van der Waals surface area contributed by atoms with Crippen LogP contribution in [0.3, 0.4) is 0 Å². The molecule has 3 atom stereocenters. The predicted molar refractivity (Wildman–Crippen MR) is 57.8 cm³/mol. The second kappa shape index (κ2) is 4.09. The number of nitrogens with two attached hydrogens (primary N) is 1. The van der Waals surface area contributed by atoms with E-state index in [1.54, 1.807) is 0 Å². The van der Waals surface area contributed by atoms with Gasteiger partial charge in [-0.15, -0.1) is 0 Å². The molecule has 0 saturated heterocycles. The third-order valence-electron chi connectivity index (χ3n) is 3.54. The molecule has 1 aromatic heterocycles. The van der Waals surface area contributed by atoms with E-state index in [-0.39, 0.29) is 0 Å². The monoisotopic (exact) mass is 190 g/mol. The van der Waals surface area contributed by atoms with E-state index in [1.807, 2.05) is 12.4 Å². The van der Waals surface area contributed by atoms with Crippen molar-refractivity contribution in [2.45, 2.75) is 32.2 Å². The Kier molecular flexibility index (Phi) is 2.82. The first-order valence-corrected chi connectivity index (χ1v) is 5.42. The highest BCUT2D eigenvalue weighted by molar-refractivity contribution is 5.11. The van der Waals surface area contributed by atoms with Crippen molar-refractivity contribution in [3.8, 4) is 0 Å². The predicted octanol–water partition coefficient (Wildman–Crippen LogP) is 2.00. The minimum Gasteiger partial charge on any atom is -0.327 e. The maximum absolute atomic E-state index is 6.01. The van der Waals surface area contributed by atoms with E-state index in [9.17, 15) is 0 Å². The zero-order valence-corrected chi connectivity index (χ0v) is 8.69. The molecule has 2 N–H and O–H groups in total. The van der Waals surface area contributed by atoms with Gasteiger partial charge in [-0.2, -0.15) is 0 Å². The van der Waals surface area contributed by atoms with Crippen LogP contribution in [-0.4, -0.2) is 11.0 Å². The number of hydrogen-bond acceptors (Lipinski definition) is 2. The molecular formula is C12H18N2. The first-order chi connectivity index (χ1) is 6.77. The van der Waals surface area contributed by atoms with Gasteiger partial charge in [0.2, 0.25) is 0 Å². The van der Waals surface area contributed by atoms with Gasteiger partial charge in [-0.3, -0.25) is 4.98 Å². The van der Waals surface area contributed by atoms with Crippen molar-refractivity contribution in [1.82, 2.24) is 4.98 Å². The van der Waals surface area contributed by atoms with Crippen molar-refractivity contribution >= 4 is 0 Å². The van der Waals surface area contributed by atoms with E-state index in [1.165, 1.54) is 18.4 Å². The van der Waals surface area contributed by atoms with Crippen LogP contribution < -0.4 is 5.73 Å². The average molecular weight is 190 g/mol. The van der Waals surface area contributed by atoms with E-state index in [2.05, 4.69) is 24.0 Å². The van der Waals surface area contributed by atoms with E-state index >= 15 is 0 Å². The third kappa shape index (κ3) is 1.95. The quantitative estimate of drug-likeness (QED) is 0.774. The maximum Gasteiger partial charge on any atom is 0.0270 e. The van der Waals surface area contributed by atoms with Crippen LogP contribution in [0.1, 0.15) is 25.3 Å². The van der Waals surface area contributed by atoms with Crippen LogP contribution in [0.25, 0.3) is 0 Å². The topological polar surface area (TPSA) is 38.9 Å². The summed E-state index contributed by atoms with van der Waals surface area (Å²) in [5, 5.41) is 0. The smallest absolute Gasteiger partial charge is 0.0270 e. The van der Waals surface area contributed by atoms with Gasteiger partial charge in [0.25, 0.3) is 0 Å². The number of hydrogen-bond donors (Lipinski definition) is 1. The highest BCUT2D eigenvalue weighted by Crippen LogP contribution is 2.32. The van der Waals surface area contributed by atoms with Crippen molar-refractivity contribution in [1.29, 1.82) is 0 Å². The Bertz CT molecular complexity index is 284. The molecule has 0 radical (unpaired) electrons. The Morgan fingerprint density at radius 1 is 1.36 bits per heavy atom. The van der Waals surface area contributed by atoms with Crippen LogP contribution >= 0.6 is 0 Å². The highest BCUT2D eigenvalue weighted by atomic mass is 14.7. The summed E-state index contributed by atoms with van der Waals surface area (Å²) in [7, 11) is 0. The molecule has 2 rings (SSSR count). The number of nitrogens with zero attached hydrogens (tertiary/aromatic N) is 1. The minimum atomic E-state index is 0.418. The molecular weight excluding hydrogens is 172 g/mol. The van der Waals surface area contributed by atoms with Crippen LogP contribution in [0.5, 0.6) is 0 Å². The Hall–Kier alpha value is -0.890. The molecule has 1 fully saturated rings. The Morgan fingerprint density at radius 2 is 2.07 bits per heavy atom.